The van der Waals surface area contributed by atoms with Gasteiger partial charge in [0.25, 0.3) is 0 Å². The van der Waals surface area contributed by atoms with Gasteiger partial charge in [-0.25, -0.2) is 0 Å². The zero-order chi connectivity index (χ0) is 15.2. The van der Waals surface area contributed by atoms with Gasteiger partial charge in [-0.2, -0.15) is 0 Å². The third-order valence-electron chi connectivity index (χ3n) is 3.33. The topological polar surface area (TPSA) is 21.3 Å². The molecule has 0 saturated heterocycles. The first-order valence-corrected chi connectivity index (χ1v) is 8.95. The van der Waals surface area contributed by atoms with Crippen molar-refractivity contribution in [2.75, 3.05) is 19.9 Å². The Balaban J connectivity index is 2.39. The SMILES string of the molecule is CCOc1ccc(C(NC)c2ccccc2SC)cc1Br. The number of halogens is 1. The number of nitrogens with one attached hydrogen (secondary N) is 1. The summed E-state index contributed by atoms with van der Waals surface area (Å²) >= 11 is 5.37. The molecule has 0 aliphatic heterocycles. The fraction of sp³-hybridized carbons (Fsp3) is 0.294. The normalized spacial score (nSPS) is 12.2. The van der Waals surface area contributed by atoms with Gasteiger partial charge in [0.15, 0.2) is 0 Å². The summed E-state index contributed by atoms with van der Waals surface area (Å²) in [6.07, 6.45) is 2.11. The number of ether oxygens (including phenoxy) is 1. The van der Waals surface area contributed by atoms with Gasteiger partial charge in [-0.15, -0.1) is 11.8 Å². The Kier molecular flexibility index (Phi) is 6.15. The molecule has 21 heavy (non-hydrogen) atoms. The maximum absolute atomic E-state index is 5.58. The smallest absolute Gasteiger partial charge is 0.133 e. The van der Waals surface area contributed by atoms with Gasteiger partial charge >= 0.3 is 0 Å². The van der Waals surface area contributed by atoms with Gasteiger partial charge in [-0.05, 0) is 65.5 Å². The predicted molar refractivity (Wildman–Crippen MR) is 94.4 cm³/mol. The number of rotatable bonds is 6. The second-order valence-electron chi connectivity index (χ2n) is 4.59. The van der Waals surface area contributed by atoms with Crippen LogP contribution in [0.4, 0.5) is 0 Å². The third-order valence-corrected chi connectivity index (χ3v) is 4.76. The van der Waals surface area contributed by atoms with Crippen LogP contribution in [0.15, 0.2) is 51.8 Å². The number of hydrogen-bond acceptors (Lipinski definition) is 3. The van der Waals surface area contributed by atoms with Gasteiger partial charge in [-0.1, -0.05) is 24.3 Å². The van der Waals surface area contributed by atoms with Crippen molar-refractivity contribution in [2.24, 2.45) is 0 Å². The summed E-state index contributed by atoms with van der Waals surface area (Å²) < 4.78 is 6.57. The minimum Gasteiger partial charge on any atom is -0.493 e. The molecule has 2 aromatic rings. The molecule has 1 atom stereocenters. The van der Waals surface area contributed by atoms with Crippen LogP contribution in [0.25, 0.3) is 0 Å². The molecule has 112 valence electrons. The summed E-state index contributed by atoms with van der Waals surface area (Å²) in [6, 6.07) is 14.9. The van der Waals surface area contributed by atoms with Crippen LogP contribution in [-0.4, -0.2) is 19.9 Å². The van der Waals surface area contributed by atoms with Crippen molar-refractivity contribution in [1.29, 1.82) is 0 Å². The van der Waals surface area contributed by atoms with Crippen LogP contribution in [-0.2, 0) is 0 Å². The lowest BCUT2D eigenvalue weighted by Gasteiger charge is -2.20. The summed E-state index contributed by atoms with van der Waals surface area (Å²) in [4.78, 5) is 1.29. The molecule has 1 N–H and O–H groups in total. The highest BCUT2D eigenvalue weighted by Gasteiger charge is 2.16. The maximum atomic E-state index is 5.58. The van der Waals surface area contributed by atoms with Crippen LogP contribution in [0, 0.1) is 0 Å². The van der Waals surface area contributed by atoms with E-state index in [4.69, 9.17) is 4.74 Å². The first kappa shape index (κ1) is 16.4. The molecular weight excluding hydrogens is 346 g/mol. The molecule has 0 aromatic heterocycles. The molecule has 0 radical (unpaired) electrons. The van der Waals surface area contributed by atoms with E-state index in [1.807, 2.05) is 20.0 Å². The number of benzene rings is 2. The molecule has 2 nitrogen and oxygen atoms in total. The van der Waals surface area contributed by atoms with E-state index in [0.717, 1.165) is 10.2 Å². The van der Waals surface area contributed by atoms with Gasteiger partial charge in [0.1, 0.15) is 5.75 Å². The van der Waals surface area contributed by atoms with Crippen LogP contribution < -0.4 is 10.1 Å². The standard InChI is InChI=1S/C17H20BrNOS/c1-4-20-15-10-9-12(11-14(15)18)17(19-2)13-7-5-6-8-16(13)21-3/h5-11,17,19H,4H2,1-3H3. The van der Waals surface area contributed by atoms with Crippen LogP contribution in [0.1, 0.15) is 24.1 Å². The fourth-order valence-electron chi connectivity index (χ4n) is 2.38. The van der Waals surface area contributed by atoms with E-state index in [2.05, 4.69) is 63.9 Å². The van der Waals surface area contributed by atoms with Crippen molar-refractivity contribution >= 4 is 27.7 Å². The van der Waals surface area contributed by atoms with E-state index >= 15 is 0 Å². The fourth-order valence-corrected chi connectivity index (χ4v) is 3.52. The van der Waals surface area contributed by atoms with E-state index < -0.39 is 0 Å². The van der Waals surface area contributed by atoms with Crippen molar-refractivity contribution in [2.45, 2.75) is 17.9 Å². The molecular formula is C17H20BrNOS. The average molecular weight is 366 g/mol. The van der Waals surface area contributed by atoms with Crippen molar-refractivity contribution in [1.82, 2.24) is 5.32 Å². The monoisotopic (exact) mass is 365 g/mol. The molecule has 0 fully saturated rings. The van der Waals surface area contributed by atoms with Crippen molar-refractivity contribution in [3.8, 4) is 5.75 Å². The van der Waals surface area contributed by atoms with Crippen LogP contribution in [0.3, 0.4) is 0 Å². The molecule has 2 rings (SSSR count). The number of thioether (sulfide) groups is 1. The quantitative estimate of drug-likeness (QED) is 0.737. The van der Waals surface area contributed by atoms with Crippen LogP contribution >= 0.6 is 27.7 Å². The first-order chi connectivity index (χ1) is 10.2. The molecule has 0 aliphatic rings. The molecule has 0 spiro atoms. The molecule has 1 unspecified atom stereocenters. The lowest BCUT2D eigenvalue weighted by atomic mass is 9.99. The largest absolute Gasteiger partial charge is 0.493 e. The van der Waals surface area contributed by atoms with Crippen LogP contribution in [0.2, 0.25) is 0 Å². The highest BCUT2D eigenvalue weighted by molar-refractivity contribution is 9.10. The second kappa shape index (κ2) is 7.87. The third kappa shape index (κ3) is 3.82. The predicted octanol–water partition coefficient (Wildman–Crippen LogP) is 4.88. The average Bonchev–Trinajstić information content (AvgIpc) is 2.51. The zero-order valence-corrected chi connectivity index (χ0v) is 14.9. The Labute approximate surface area is 139 Å². The molecule has 0 bridgehead atoms. The van der Waals surface area contributed by atoms with Gasteiger partial charge in [0.05, 0.1) is 17.1 Å². The van der Waals surface area contributed by atoms with Crippen molar-refractivity contribution in [3.05, 3.63) is 58.1 Å². The first-order valence-electron chi connectivity index (χ1n) is 6.93. The lowest BCUT2D eigenvalue weighted by molar-refractivity contribution is 0.338. The molecule has 0 aliphatic carbocycles. The zero-order valence-electron chi connectivity index (χ0n) is 12.5. The van der Waals surface area contributed by atoms with Gasteiger partial charge < -0.3 is 10.1 Å². The summed E-state index contributed by atoms with van der Waals surface area (Å²) in [5.41, 5.74) is 2.51. The summed E-state index contributed by atoms with van der Waals surface area (Å²) in [7, 11) is 1.99. The van der Waals surface area contributed by atoms with Crippen LogP contribution in [0.5, 0.6) is 5.75 Å². The second-order valence-corrected chi connectivity index (χ2v) is 6.29. The minimum absolute atomic E-state index is 0.167. The number of hydrogen-bond donors (Lipinski definition) is 1. The van der Waals surface area contributed by atoms with E-state index in [0.29, 0.717) is 6.61 Å². The van der Waals surface area contributed by atoms with Crippen molar-refractivity contribution in [3.63, 3.8) is 0 Å². The van der Waals surface area contributed by atoms with E-state index in [-0.39, 0.29) is 6.04 Å². The minimum atomic E-state index is 0.167. The van der Waals surface area contributed by atoms with Gasteiger partial charge in [-0.3, -0.25) is 0 Å². The van der Waals surface area contributed by atoms with Gasteiger partial charge in [0.2, 0.25) is 0 Å². The van der Waals surface area contributed by atoms with E-state index in [1.54, 1.807) is 11.8 Å². The molecule has 4 heteroatoms. The van der Waals surface area contributed by atoms with Crippen molar-refractivity contribution < 1.29 is 4.74 Å². The molecule has 0 amide bonds. The Bertz CT molecular complexity index is 603. The Morgan fingerprint density at radius 2 is 2.00 bits per heavy atom. The summed E-state index contributed by atoms with van der Waals surface area (Å²) in [5.74, 6) is 0.884. The van der Waals surface area contributed by atoms with E-state index in [9.17, 15) is 0 Å². The van der Waals surface area contributed by atoms with Gasteiger partial charge in [0, 0.05) is 4.90 Å². The summed E-state index contributed by atoms with van der Waals surface area (Å²) in [5, 5.41) is 3.41. The Morgan fingerprint density at radius 1 is 1.24 bits per heavy atom. The highest BCUT2D eigenvalue weighted by atomic mass is 79.9. The molecule has 0 heterocycles. The molecule has 0 saturated carbocycles. The molecule has 2 aromatic carbocycles. The lowest BCUT2D eigenvalue weighted by Crippen LogP contribution is -2.18. The Hall–Kier alpha value is -0.970. The highest BCUT2D eigenvalue weighted by Crippen LogP contribution is 2.33. The van der Waals surface area contributed by atoms with E-state index in [1.165, 1.54) is 16.0 Å². The maximum Gasteiger partial charge on any atom is 0.133 e. The summed E-state index contributed by atoms with van der Waals surface area (Å²) in [6.45, 7) is 2.66. The Morgan fingerprint density at radius 3 is 2.62 bits per heavy atom.